The molecule has 8 heteroatoms. The number of aromatic nitrogens is 1. The summed E-state index contributed by atoms with van der Waals surface area (Å²) in [5.74, 6) is -1.01. The summed E-state index contributed by atoms with van der Waals surface area (Å²) in [6.45, 7) is 1.25. The zero-order chi connectivity index (χ0) is 24.6. The smallest absolute Gasteiger partial charge is 0.261 e. The van der Waals surface area contributed by atoms with Crippen molar-refractivity contribution >= 4 is 44.4 Å². The fraction of sp³-hybridized carbons (Fsp3) is 0.214. The van der Waals surface area contributed by atoms with Crippen LogP contribution in [0.4, 0.5) is 5.13 Å². The van der Waals surface area contributed by atoms with Crippen molar-refractivity contribution < 1.29 is 19.1 Å². The number of carbonyl (C=O) groups is 3. The molecule has 7 nitrogen and oxygen atoms in total. The first-order valence-electron chi connectivity index (χ1n) is 11.9. The molecule has 3 amide bonds. The van der Waals surface area contributed by atoms with Crippen LogP contribution in [0.1, 0.15) is 49.5 Å². The third-order valence-electron chi connectivity index (χ3n) is 6.57. The Morgan fingerprint density at radius 2 is 1.78 bits per heavy atom. The minimum Gasteiger partial charge on any atom is -0.376 e. The maximum absolute atomic E-state index is 13.8. The van der Waals surface area contributed by atoms with Crippen molar-refractivity contribution in [3.05, 3.63) is 95.1 Å². The second-order valence-electron chi connectivity index (χ2n) is 8.96. The molecule has 1 unspecified atom stereocenters. The molecule has 0 aliphatic carbocycles. The number of imide groups is 1. The van der Waals surface area contributed by atoms with Gasteiger partial charge in [0.05, 0.1) is 40.5 Å². The first-order chi connectivity index (χ1) is 17.6. The van der Waals surface area contributed by atoms with E-state index < -0.39 is 0 Å². The highest BCUT2D eigenvalue weighted by Gasteiger charge is 2.37. The van der Waals surface area contributed by atoms with Crippen LogP contribution in [0.15, 0.2) is 72.8 Å². The number of thiazole rings is 1. The highest BCUT2D eigenvalue weighted by Crippen LogP contribution is 2.32. The predicted molar refractivity (Wildman–Crippen MR) is 137 cm³/mol. The van der Waals surface area contributed by atoms with E-state index in [1.54, 1.807) is 23.1 Å². The highest BCUT2D eigenvalue weighted by molar-refractivity contribution is 7.22. The van der Waals surface area contributed by atoms with Crippen molar-refractivity contribution in [2.45, 2.75) is 25.5 Å². The Balaban J connectivity index is 1.32. The zero-order valence-electron chi connectivity index (χ0n) is 19.4. The molecule has 1 saturated heterocycles. The fourth-order valence-electron chi connectivity index (χ4n) is 4.70. The van der Waals surface area contributed by atoms with Gasteiger partial charge in [0.2, 0.25) is 0 Å². The number of fused-ring (bicyclic) bond motifs is 2. The number of benzene rings is 3. The Hall–Kier alpha value is -3.88. The molecule has 3 aromatic carbocycles. The first-order valence-corrected chi connectivity index (χ1v) is 12.7. The number of para-hydroxylation sites is 1. The summed E-state index contributed by atoms with van der Waals surface area (Å²) < 4.78 is 6.81. The first kappa shape index (κ1) is 22.6. The molecule has 36 heavy (non-hydrogen) atoms. The average molecular weight is 498 g/mol. The van der Waals surface area contributed by atoms with Crippen molar-refractivity contribution in [1.82, 2.24) is 9.88 Å². The zero-order valence-corrected chi connectivity index (χ0v) is 20.2. The Labute approximate surface area is 211 Å². The number of anilines is 1. The van der Waals surface area contributed by atoms with Crippen molar-refractivity contribution in [1.29, 1.82) is 0 Å². The summed E-state index contributed by atoms with van der Waals surface area (Å²) in [6.07, 6.45) is 1.76. The van der Waals surface area contributed by atoms with Crippen LogP contribution in [-0.2, 0) is 11.3 Å². The molecule has 3 heterocycles. The molecule has 180 valence electrons. The molecule has 0 N–H and O–H groups in total. The van der Waals surface area contributed by atoms with Crippen LogP contribution in [0, 0.1) is 0 Å². The van der Waals surface area contributed by atoms with Crippen molar-refractivity contribution in [2.24, 2.45) is 0 Å². The lowest BCUT2D eigenvalue weighted by Crippen LogP contribution is -2.37. The third-order valence-corrected chi connectivity index (χ3v) is 7.63. The summed E-state index contributed by atoms with van der Waals surface area (Å²) in [6, 6.07) is 21.9. The summed E-state index contributed by atoms with van der Waals surface area (Å²) in [7, 11) is 0. The van der Waals surface area contributed by atoms with E-state index in [1.165, 1.54) is 16.2 Å². The third kappa shape index (κ3) is 4.08. The molecular formula is C28H23N3O4S. The van der Waals surface area contributed by atoms with Gasteiger partial charge in [-0.2, -0.15) is 0 Å². The Bertz CT molecular complexity index is 1440. The topological polar surface area (TPSA) is 79.8 Å². The van der Waals surface area contributed by atoms with E-state index in [9.17, 15) is 14.4 Å². The molecule has 0 spiro atoms. The van der Waals surface area contributed by atoms with Crippen LogP contribution in [0.2, 0.25) is 0 Å². The molecule has 4 aromatic rings. The van der Waals surface area contributed by atoms with Crippen LogP contribution in [0.3, 0.4) is 0 Å². The van der Waals surface area contributed by atoms with Crippen LogP contribution < -0.4 is 4.90 Å². The monoisotopic (exact) mass is 497 g/mol. The van der Waals surface area contributed by atoms with Crippen molar-refractivity contribution in [2.75, 3.05) is 18.1 Å². The van der Waals surface area contributed by atoms with Gasteiger partial charge in [-0.25, -0.2) is 4.98 Å². The normalized spacial score (nSPS) is 17.1. The number of rotatable bonds is 6. The van der Waals surface area contributed by atoms with Crippen molar-refractivity contribution in [3.63, 3.8) is 0 Å². The lowest BCUT2D eigenvalue weighted by atomic mass is 10.0. The van der Waals surface area contributed by atoms with Crippen molar-refractivity contribution in [3.8, 4) is 0 Å². The number of amides is 3. The lowest BCUT2D eigenvalue weighted by molar-refractivity contribution is 0.0642. The Morgan fingerprint density at radius 3 is 2.56 bits per heavy atom. The average Bonchev–Trinajstić information content (AvgIpc) is 3.63. The summed E-state index contributed by atoms with van der Waals surface area (Å²) in [5, 5.41) is 0.588. The Morgan fingerprint density at radius 1 is 1.00 bits per heavy atom. The molecule has 1 atom stereocenters. The summed E-state index contributed by atoms with van der Waals surface area (Å²) >= 11 is 1.45. The quantitative estimate of drug-likeness (QED) is 0.354. The van der Waals surface area contributed by atoms with Gasteiger partial charge in [-0.05, 0) is 48.7 Å². The van der Waals surface area contributed by atoms with Gasteiger partial charge in [0.15, 0.2) is 5.13 Å². The largest absolute Gasteiger partial charge is 0.376 e. The second-order valence-corrected chi connectivity index (χ2v) is 9.97. The maximum atomic E-state index is 13.8. The highest BCUT2D eigenvalue weighted by atomic mass is 32.1. The van der Waals surface area contributed by atoms with Crippen LogP contribution in [-0.4, -0.2) is 46.9 Å². The molecule has 0 radical (unpaired) electrons. The van der Waals surface area contributed by atoms with E-state index >= 15 is 0 Å². The molecule has 0 bridgehead atoms. The van der Waals surface area contributed by atoms with Crippen LogP contribution in [0.5, 0.6) is 0 Å². The molecule has 1 fully saturated rings. The number of hydrogen-bond acceptors (Lipinski definition) is 6. The van der Waals surface area contributed by atoms with E-state index in [0.29, 0.717) is 29.4 Å². The van der Waals surface area contributed by atoms with Gasteiger partial charge < -0.3 is 4.74 Å². The number of hydrogen-bond donors (Lipinski definition) is 0. The standard InChI is InChI=1S/C28H23N3O4S/c32-25(31(17-20-9-6-14-35-20)28-29-23-10-4-5-11-24(23)36-28)19-12-13-21-22(15-19)27(34)30(26(21)33)16-18-7-2-1-3-8-18/h1-5,7-8,10-13,15,20H,6,9,14,16-17H2. The molecule has 6 rings (SSSR count). The number of nitrogens with zero attached hydrogens (tertiary/aromatic N) is 3. The van der Waals surface area contributed by atoms with Gasteiger partial charge in [-0.15, -0.1) is 0 Å². The van der Waals surface area contributed by atoms with E-state index in [4.69, 9.17) is 9.72 Å². The van der Waals surface area contributed by atoms with E-state index in [-0.39, 0.29) is 35.9 Å². The van der Waals surface area contributed by atoms with Gasteiger partial charge in [0, 0.05) is 12.2 Å². The van der Waals surface area contributed by atoms with Gasteiger partial charge in [0.1, 0.15) is 0 Å². The second kappa shape index (κ2) is 9.29. The number of carbonyl (C=O) groups excluding carboxylic acids is 3. The summed E-state index contributed by atoms with van der Waals surface area (Å²) in [5.41, 5.74) is 2.60. The molecule has 2 aliphatic heterocycles. The predicted octanol–water partition coefficient (Wildman–Crippen LogP) is 4.92. The van der Waals surface area contributed by atoms with Gasteiger partial charge in [0.25, 0.3) is 17.7 Å². The molecule has 0 saturated carbocycles. The van der Waals surface area contributed by atoms with E-state index in [0.717, 1.165) is 28.6 Å². The minimum atomic E-state index is -0.390. The van der Waals surface area contributed by atoms with Crippen LogP contribution >= 0.6 is 11.3 Å². The van der Waals surface area contributed by atoms with E-state index in [1.807, 2.05) is 54.6 Å². The molecule has 2 aliphatic rings. The fourth-order valence-corrected chi connectivity index (χ4v) is 5.68. The summed E-state index contributed by atoms with van der Waals surface area (Å²) in [4.78, 5) is 47.5. The van der Waals surface area contributed by atoms with Gasteiger partial charge in [-0.3, -0.25) is 24.2 Å². The Kier molecular flexibility index (Phi) is 5.83. The van der Waals surface area contributed by atoms with E-state index in [2.05, 4.69) is 0 Å². The van der Waals surface area contributed by atoms with Crippen LogP contribution in [0.25, 0.3) is 10.2 Å². The minimum absolute atomic E-state index is 0.0695. The van der Waals surface area contributed by atoms with Gasteiger partial charge >= 0.3 is 0 Å². The maximum Gasteiger partial charge on any atom is 0.261 e. The molecular weight excluding hydrogens is 474 g/mol. The lowest BCUT2D eigenvalue weighted by Gasteiger charge is -2.23. The van der Waals surface area contributed by atoms with Gasteiger partial charge in [-0.1, -0.05) is 53.8 Å². The molecule has 1 aromatic heterocycles. The SMILES string of the molecule is O=C1c2ccc(C(=O)N(CC3CCCO3)c3nc4ccccc4s3)cc2C(=O)N1Cc1ccccc1. The number of ether oxygens (including phenoxy) is 1.